The molecule has 0 saturated carbocycles. The molecule has 53 heavy (non-hydrogen) atoms. The predicted octanol–water partition coefficient (Wildman–Crippen LogP) is -3.99. The Balaban J connectivity index is 1.14. The van der Waals surface area contributed by atoms with Gasteiger partial charge in [0, 0.05) is 12.1 Å². The SMILES string of the molecule is C[C@@H]1O[C@@H](OC[C@H]2O[C@@H](Oc3cc(O)c4c(c3)OC(c3ccc(O[C@@H]5O[C@H](CO)[C@@H](O)[C@H](O)[C@H]5O)c(O)c3)CC4=O)[C@H](O)[C@@H](O)[C@@H]2O)[C@H](O)[C@H](O)[C@H]1O. The smallest absolute Gasteiger partial charge is 0.229 e. The molecule has 2 aromatic rings. The van der Waals surface area contributed by atoms with Crippen LogP contribution in [-0.2, 0) is 18.9 Å². The molecule has 4 aliphatic heterocycles. The molecule has 3 fully saturated rings. The average molecular weight is 759 g/mol. The molecule has 0 bridgehead atoms. The zero-order valence-corrected chi connectivity index (χ0v) is 27.9. The van der Waals surface area contributed by atoms with Crippen molar-refractivity contribution < 1.29 is 99.2 Å². The number of fused-ring (bicyclic) bond motifs is 1. The molecule has 0 spiro atoms. The van der Waals surface area contributed by atoms with Crippen molar-refractivity contribution in [1.29, 1.82) is 0 Å². The molecule has 3 saturated heterocycles. The summed E-state index contributed by atoms with van der Waals surface area (Å²) in [6.07, 6.45) is -24.7. The summed E-state index contributed by atoms with van der Waals surface area (Å²) in [5, 5.41) is 123. The zero-order chi connectivity index (χ0) is 38.5. The molecule has 16 atom stereocenters. The second-order valence-corrected chi connectivity index (χ2v) is 13.2. The Morgan fingerprint density at radius 3 is 1.94 bits per heavy atom. The molecule has 4 heterocycles. The molecule has 2 aromatic carbocycles. The van der Waals surface area contributed by atoms with E-state index in [1.54, 1.807) is 0 Å². The van der Waals surface area contributed by atoms with Crippen molar-refractivity contribution in [1.82, 2.24) is 0 Å². The Morgan fingerprint density at radius 1 is 0.679 bits per heavy atom. The van der Waals surface area contributed by atoms with E-state index in [1.165, 1.54) is 31.2 Å². The van der Waals surface area contributed by atoms with E-state index in [9.17, 15) is 66.1 Å². The predicted molar refractivity (Wildman–Crippen MR) is 169 cm³/mol. The lowest BCUT2D eigenvalue weighted by molar-refractivity contribution is -0.318. The van der Waals surface area contributed by atoms with E-state index < -0.39 is 129 Å². The number of benzene rings is 2. The number of phenolic OH excluding ortho intramolecular Hbond substituents is 2. The summed E-state index contributed by atoms with van der Waals surface area (Å²) in [5.41, 5.74) is 0.0720. The van der Waals surface area contributed by atoms with Crippen LogP contribution < -0.4 is 14.2 Å². The van der Waals surface area contributed by atoms with Gasteiger partial charge in [-0.1, -0.05) is 6.07 Å². The fourth-order valence-electron chi connectivity index (χ4n) is 6.42. The van der Waals surface area contributed by atoms with Crippen molar-refractivity contribution in [3.63, 3.8) is 0 Å². The highest BCUT2D eigenvalue weighted by molar-refractivity contribution is 6.02. The van der Waals surface area contributed by atoms with Crippen molar-refractivity contribution in [2.75, 3.05) is 13.2 Å². The first-order valence-electron chi connectivity index (χ1n) is 16.6. The number of hydrogen-bond donors (Lipinski definition) is 12. The molecule has 294 valence electrons. The van der Waals surface area contributed by atoms with Gasteiger partial charge in [0.05, 0.1) is 25.7 Å². The van der Waals surface area contributed by atoms with Gasteiger partial charge in [-0.3, -0.25) is 4.79 Å². The van der Waals surface area contributed by atoms with Crippen molar-refractivity contribution in [2.45, 2.75) is 112 Å². The Hall–Kier alpha value is -3.45. The monoisotopic (exact) mass is 758 g/mol. The summed E-state index contributed by atoms with van der Waals surface area (Å²) in [7, 11) is 0. The van der Waals surface area contributed by atoms with Gasteiger partial charge >= 0.3 is 0 Å². The van der Waals surface area contributed by atoms with E-state index >= 15 is 0 Å². The maximum atomic E-state index is 13.1. The van der Waals surface area contributed by atoms with Gasteiger partial charge in [-0.25, -0.2) is 0 Å². The summed E-state index contributed by atoms with van der Waals surface area (Å²) in [5.74, 6) is -2.18. The van der Waals surface area contributed by atoms with Gasteiger partial charge in [0.1, 0.15) is 96.1 Å². The van der Waals surface area contributed by atoms with E-state index in [1.807, 2.05) is 0 Å². The fraction of sp³-hybridized carbons (Fsp3) is 0.606. The number of aromatic hydroxyl groups is 2. The van der Waals surface area contributed by atoms with Gasteiger partial charge < -0.3 is 94.4 Å². The number of carbonyl (C=O) groups excluding carboxylic acids is 1. The Labute approximate surface area is 300 Å². The first kappa shape index (κ1) is 39.2. The third-order valence-electron chi connectivity index (χ3n) is 9.57. The maximum Gasteiger partial charge on any atom is 0.229 e. The van der Waals surface area contributed by atoms with Crippen molar-refractivity contribution >= 4 is 5.78 Å². The van der Waals surface area contributed by atoms with Crippen LogP contribution in [0.3, 0.4) is 0 Å². The van der Waals surface area contributed by atoms with Crippen molar-refractivity contribution in [3.05, 3.63) is 41.5 Å². The maximum absolute atomic E-state index is 13.1. The van der Waals surface area contributed by atoms with E-state index in [0.717, 1.165) is 6.07 Å². The van der Waals surface area contributed by atoms with Gasteiger partial charge in [-0.2, -0.15) is 0 Å². The topological polar surface area (TPSA) is 324 Å². The second kappa shape index (κ2) is 15.7. The number of aliphatic hydroxyl groups excluding tert-OH is 10. The average Bonchev–Trinajstić information content (AvgIpc) is 3.12. The van der Waals surface area contributed by atoms with Gasteiger partial charge in [-0.15, -0.1) is 0 Å². The zero-order valence-electron chi connectivity index (χ0n) is 27.9. The van der Waals surface area contributed by atoms with Gasteiger partial charge in [0.2, 0.25) is 12.6 Å². The lowest BCUT2D eigenvalue weighted by Gasteiger charge is -2.42. The van der Waals surface area contributed by atoms with Gasteiger partial charge in [-0.05, 0) is 24.6 Å². The summed E-state index contributed by atoms with van der Waals surface area (Å²) in [4.78, 5) is 13.1. The van der Waals surface area contributed by atoms with Crippen LogP contribution in [-0.4, -0.2) is 172 Å². The summed E-state index contributed by atoms with van der Waals surface area (Å²) < 4.78 is 39.0. The summed E-state index contributed by atoms with van der Waals surface area (Å²) >= 11 is 0. The van der Waals surface area contributed by atoms with Crippen LogP contribution in [0.4, 0.5) is 0 Å². The molecule has 1 unspecified atom stereocenters. The molecule has 0 radical (unpaired) electrons. The number of rotatable bonds is 9. The van der Waals surface area contributed by atoms with Gasteiger partial charge in [0.25, 0.3) is 0 Å². The number of Topliss-reactive ketones (excluding diaryl/α,β-unsaturated/α-hetero) is 1. The minimum absolute atomic E-state index is 0.161. The van der Waals surface area contributed by atoms with Crippen LogP contribution in [0.1, 0.15) is 35.4 Å². The number of aliphatic hydroxyl groups is 10. The number of carbonyl (C=O) groups is 1. The standard InChI is InChI=1S/C33H42O20/c1-10-22(38)25(41)28(44)31(48-10)47-9-20-24(40)27(43)29(45)32(53-20)49-12-5-14(36)21-15(37)7-17(50-18(21)6-12)11-2-3-16(13(35)4-11)51-33-30(46)26(42)23(39)19(8-34)52-33/h2-6,10,17,19-20,22-36,38-46H,7-9H2,1H3/t10-,17?,19+,20+,22-,23+,24+,25+,26-,27-,28+,29+,30+,31+,32+,33+/m0/s1. The van der Waals surface area contributed by atoms with Crippen LogP contribution in [0.15, 0.2) is 30.3 Å². The van der Waals surface area contributed by atoms with E-state index in [-0.39, 0.29) is 34.8 Å². The lowest BCUT2D eigenvalue weighted by atomic mass is 9.95. The minimum atomic E-state index is -1.84. The van der Waals surface area contributed by atoms with E-state index in [0.29, 0.717) is 0 Å². The fourth-order valence-corrected chi connectivity index (χ4v) is 6.42. The highest BCUT2D eigenvalue weighted by Crippen LogP contribution is 2.44. The highest BCUT2D eigenvalue weighted by Gasteiger charge is 2.48. The van der Waals surface area contributed by atoms with Gasteiger partial charge in [0.15, 0.2) is 23.6 Å². The first-order valence-corrected chi connectivity index (χ1v) is 16.6. The molecular formula is C33H42O20. The van der Waals surface area contributed by atoms with E-state index in [4.69, 9.17) is 33.2 Å². The quantitative estimate of drug-likeness (QED) is 0.116. The largest absolute Gasteiger partial charge is 0.507 e. The molecular weight excluding hydrogens is 716 g/mol. The van der Waals surface area contributed by atoms with Crippen LogP contribution in [0.5, 0.6) is 28.7 Å². The molecule has 0 amide bonds. The van der Waals surface area contributed by atoms with E-state index in [2.05, 4.69) is 0 Å². The van der Waals surface area contributed by atoms with Crippen LogP contribution in [0.2, 0.25) is 0 Å². The second-order valence-electron chi connectivity index (χ2n) is 13.2. The number of phenols is 2. The Bertz CT molecular complexity index is 1610. The minimum Gasteiger partial charge on any atom is -0.507 e. The Morgan fingerprint density at radius 2 is 1.28 bits per heavy atom. The normalized spacial score (nSPS) is 40.2. The van der Waals surface area contributed by atoms with Crippen molar-refractivity contribution in [2.24, 2.45) is 0 Å². The Kier molecular flexibility index (Phi) is 11.6. The lowest BCUT2D eigenvalue weighted by Crippen LogP contribution is -2.61. The summed E-state index contributed by atoms with van der Waals surface area (Å²) in [6, 6.07) is 6.13. The molecule has 12 N–H and O–H groups in total. The van der Waals surface area contributed by atoms with Crippen LogP contribution in [0, 0.1) is 0 Å². The van der Waals surface area contributed by atoms with Crippen molar-refractivity contribution in [3.8, 4) is 28.7 Å². The third kappa shape index (κ3) is 7.74. The first-order chi connectivity index (χ1) is 25.1. The molecule has 0 aromatic heterocycles. The van der Waals surface area contributed by atoms with Crippen LogP contribution in [0.25, 0.3) is 0 Å². The molecule has 4 aliphatic rings. The number of hydrogen-bond acceptors (Lipinski definition) is 20. The number of ether oxygens (including phenoxy) is 7. The third-order valence-corrected chi connectivity index (χ3v) is 9.57. The summed E-state index contributed by atoms with van der Waals surface area (Å²) in [6.45, 7) is 0.198. The molecule has 20 nitrogen and oxygen atoms in total. The molecule has 0 aliphatic carbocycles. The van der Waals surface area contributed by atoms with Crippen LogP contribution >= 0.6 is 0 Å². The molecule has 6 rings (SSSR count). The number of ketones is 1. The molecule has 20 heteroatoms. The highest BCUT2D eigenvalue weighted by atomic mass is 16.7.